The van der Waals surface area contributed by atoms with Crippen LogP contribution in [0.1, 0.15) is 26.5 Å². The summed E-state index contributed by atoms with van der Waals surface area (Å²) in [5.41, 5.74) is 0.998. The zero-order chi connectivity index (χ0) is 13.6. The molecule has 5 nitrogen and oxygen atoms in total. The van der Waals surface area contributed by atoms with Crippen molar-refractivity contribution in [2.75, 3.05) is 18.8 Å². The normalized spacial score (nSPS) is 12.2. The van der Waals surface area contributed by atoms with E-state index in [0.717, 1.165) is 25.2 Å². The summed E-state index contributed by atoms with van der Waals surface area (Å²) in [7, 11) is -2.97. The Balaban J connectivity index is 2.45. The van der Waals surface area contributed by atoms with Crippen LogP contribution in [0.15, 0.2) is 12.5 Å². The maximum absolute atomic E-state index is 11.7. The van der Waals surface area contributed by atoms with E-state index in [2.05, 4.69) is 17.2 Å². The summed E-state index contributed by atoms with van der Waals surface area (Å²) in [5, 5.41) is 2.92. The van der Waals surface area contributed by atoms with Crippen molar-refractivity contribution in [2.24, 2.45) is 0 Å². The van der Waals surface area contributed by atoms with E-state index in [0.29, 0.717) is 6.54 Å². The highest BCUT2D eigenvalue weighted by Gasteiger charge is 2.15. The minimum absolute atomic E-state index is 0.174. The van der Waals surface area contributed by atoms with Crippen LogP contribution in [0, 0.1) is 0 Å². The van der Waals surface area contributed by atoms with E-state index in [4.69, 9.17) is 0 Å². The van der Waals surface area contributed by atoms with Crippen LogP contribution < -0.4 is 5.32 Å². The first-order valence-electron chi connectivity index (χ1n) is 6.38. The summed E-state index contributed by atoms with van der Waals surface area (Å²) in [6.45, 7) is 7.82. The van der Waals surface area contributed by atoms with Gasteiger partial charge in [0.15, 0.2) is 9.84 Å². The molecule has 0 aliphatic heterocycles. The van der Waals surface area contributed by atoms with E-state index < -0.39 is 9.84 Å². The number of imidazole rings is 1. The molecule has 0 bridgehead atoms. The predicted molar refractivity (Wildman–Crippen MR) is 73.4 cm³/mol. The van der Waals surface area contributed by atoms with Crippen molar-refractivity contribution in [3.05, 3.63) is 18.2 Å². The van der Waals surface area contributed by atoms with Gasteiger partial charge in [0, 0.05) is 25.7 Å². The Morgan fingerprint density at radius 2 is 2.17 bits per heavy atom. The minimum Gasteiger partial charge on any atom is -0.336 e. The molecule has 0 aliphatic carbocycles. The molecule has 104 valence electrons. The lowest BCUT2D eigenvalue weighted by molar-refractivity contribution is 0.580. The van der Waals surface area contributed by atoms with Gasteiger partial charge in [-0.05, 0) is 20.4 Å². The maximum Gasteiger partial charge on any atom is 0.154 e. The minimum atomic E-state index is -2.97. The lowest BCUT2D eigenvalue weighted by Gasteiger charge is -2.07. The molecule has 1 heterocycles. The molecule has 0 aromatic carbocycles. The first-order chi connectivity index (χ1) is 8.45. The van der Waals surface area contributed by atoms with Crippen LogP contribution >= 0.6 is 0 Å². The third-order valence-electron chi connectivity index (χ3n) is 2.85. The van der Waals surface area contributed by atoms with Crippen LogP contribution in [0.3, 0.4) is 0 Å². The van der Waals surface area contributed by atoms with Crippen LogP contribution in [0.2, 0.25) is 0 Å². The van der Waals surface area contributed by atoms with E-state index in [-0.39, 0.29) is 11.0 Å². The number of aromatic nitrogens is 2. The fourth-order valence-corrected chi connectivity index (χ4v) is 2.46. The molecule has 0 aliphatic rings. The Morgan fingerprint density at radius 1 is 1.44 bits per heavy atom. The summed E-state index contributed by atoms with van der Waals surface area (Å²) >= 11 is 0. The Morgan fingerprint density at radius 3 is 2.78 bits per heavy atom. The third-order valence-corrected chi connectivity index (χ3v) is 5.03. The highest BCUT2D eigenvalue weighted by molar-refractivity contribution is 7.91. The number of hydrogen-bond donors (Lipinski definition) is 1. The Labute approximate surface area is 110 Å². The number of hydrogen-bond acceptors (Lipinski definition) is 4. The SMILES string of the molecule is CCNCCc1cn(CCS(=O)(=O)C(C)C)cn1. The van der Waals surface area contributed by atoms with Crippen LogP contribution in [-0.4, -0.2) is 42.1 Å². The van der Waals surface area contributed by atoms with Gasteiger partial charge in [-0.15, -0.1) is 0 Å². The number of aryl methyl sites for hydroxylation is 1. The van der Waals surface area contributed by atoms with E-state index in [9.17, 15) is 8.42 Å². The molecule has 1 aromatic heterocycles. The number of rotatable bonds is 8. The first kappa shape index (κ1) is 15.2. The molecule has 6 heteroatoms. The van der Waals surface area contributed by atoms with Gasteiger partial charge in [-0.1, -0.05) is 6.92 Å². The number of nitrogens with one attached hydrogen (secondary N) is 1. The fourth-order valence-electron chi connectivity index (χ4n) is 1.52. The second-order valence-corrected chi connectivity index (χ2v) is 7.30. The molecule has 0 spiro atoms. The smallest absolute Gasteiger partial charge is 0.154 e. The fraction of sp³-hybridized carbons (Fsp3) is 0.750. The van der Waals surface area contributed by atoms with E-state index in [1.807, 2.05) is 10.8 Å². The van der Waals surface area contributed by atoms with Gasteiger partial charge in [-0.2, -0.15) is 0 Å². The Kier molecular flexibility index (Phi) is 5.81. The third kappa shape index (κ3) is 4.78. The van der Waals surface area contributed by atoms with Gasteiger partial charge in [0.25, 0.3) is 0 Å². The highest BCUT2D eigenvalue weighted by atomic mass is 32.2. The van der Waals surface area contributed by atoms with E-state index in [1.54, 1.807) is 20.2 Å². The van der Waals surface area contributed by atoms with Crippen molar-refractivity contribution in [1.82, 2.24) is 14.9 Å². The number of sulfone groups is 1. The molecule has 0 fully saturated rings. The first-order valence-corrected chi connectivity index (χ1v) is 8.10. The van der Waals surface area contributed by atoms with Crippen molar-refractivity contribution >= 4 is 9.84 Å². The molecule has 1 N–H and O–H groups in total. The molecule has 0 saturated heterocycles. The Bertz CT molecular complexity index is 452. The molecule has 1 aromatic rings. The predicted octanol–water partition coefficient (Wildman–Crippen LogP) is 0.858. The standard InChI is InChI=1S/C12H23N3O2S/c1-4-13-6-5-12-9-15(10-14-12)7-8-18(16,17)11(2)3/h9-11,13H,4-8H2,1-3H3. The lowest BCUT2D eigenvalue weighted by Crippen LogP contribution is -2.20. The van der Waals surface area contributed by atoms with Gasteiger partial charge in [-0.3, -0.25) is 0 Å². The van der Waals surface area contributed by atoms with Crippen molar-refractivity contribution < 1.29 is 8.42 Å². The van der Waals surface area contributed by atoms with E-state index >= 15 is 0 Å². The second kappa shape index (κ2) is 6.89. The molecular formula is C12H23N3O2S. The van der Waals surface area contributed by atoms with Crippen molar-refractivity contribution in [1.29, 1.82) is 0 Å². The van der Waals surface area contributed by atoms with Gasteiger partial charge in [0.2, 0.25) is 0 Å². The molecule has 0 atom stereocenters. The summed E-state index contributed by atoms with van der Waals surface area (Å²) in [4.78, 5) is 4.26. The largest absolute Gasteiger partial charge is 0.336 e. The summed E-state index contributed by atoms with van der Waals surface area (Å²) in [6.07, 6.45) is 4.50. The number of likely N-dealkylation sites (N-methyl/N-ethyl adjacent to an activating group) is 1. The average Bonchev–Trinajstić information content (AvgIpc) is 2.75. The highest BCUT2D eigenvalue weighted by Crippen LogP contribution is 2.03. The summed E-state index contributed by atoms with van der Waals surface area (Å²) in [6, 6.07) is 0. The van der Waals surface area contributed by atoms with Crippen LogP contribution in [-0.2, 0) is 22.8 Å². The van der Waals surface area contributed by atoms with Crippen LogP contribution in [0.25, 0.3) is 0 Å². The molecular weight excluding hydrogens is 250 g/mol. The van der Waals surface area contributed by atoms with Crippen LogP contribution in [0.4, 0.5) is 0 Å². The van der Waals surface area contributed by atoms with Crippen molar-refractivity contribution in [3.8, 4) is 0 Å². The second-order valence-electron chi connectivity index (χ2n) is 4.62. The average molecular weight is 273 g/mol. The number of nitrogens with zero attached hydrogens (tertiary/aromatic N) is 2. The van der Waals surface area contributed by atoms with Crippen molar-refractivity contribution in [3.63, 3.8) is 0 Å². The van der Waals surface area contributed by atoms with Gasteiger partial charge in [0.1, 0.15) is 0 Å². The van der Waals surface area contributed by atoms with E-state index in [1.165, 1.54) is 0 Å². The zero-order valence-electron chi connectivity index (χ0n) is 11.4. The Hall–Kier alpha value is -0.880. The van der Waals surface area contributed by atoms with Gasteiger partial charge < -0.3 is 9.88 Å². The molecule has 0 unspecified atom stereocenters. The van der Waals surface area contributed by atoms with Gasteiger partial charge in [-0.25, -0.2) is 13.4 Å². The molecule has 0 radical (unpaired) electrons. The van der Waals surface area contributed by atoms with Crippen LogP contribution in [0.5, 0.6) is 0 Å². The quantitative estimate of drug-likeness (QED) is 0.714. The zero-order valence-corrected chi connectivity index (χ0v) is 12.2. The maximum atomic E-state index is 11.7. The van der Waals surface area contributed by atoms with Gasteiger partial charge in [0.05, 0.1) is 23.0 Å². The summed E-state index contributed by atoms with van der Waals surface area (Å²) in [5.74, 6) is 0.174. The molecule has 0 saturated carbocycles. The monoisotopic (exact) mass is 273 g/mol. The summed E-state index contributed by atoms with van der Waals surface area (Å²) < 4.78 is 25.2. The topological polar surface area (TPSA) is 64.0 Å². The molecule has 0 amide bonds. The van der Waals surface area contributed by atoms with Crippen molar-refractivity contribution in [2.45, 2.75) is 39.0 Å². The molecule has 18 heavy (non-hydrogen) atoms. The van der Waals surface area contributed by atoms with Gasteiger partial charge >= 0.3 is 0 Å². The lowest BCUT2D eigenvalue weighted by atomic mass is 10.3. The molecule has 1 rings (SSSR count).